The number of piperidine rings is 1. The fourth-order valence-electron chi connectivity index (χ4n) is 3.23. The summed E-state index contributed by atoms with van der Waals surface area (Å²) in [6.45, 7) is 7.18. The first-order valence-corrected chi connectivity index (χ1v) is 9.15. The molecule has 0 N–H and O–H groups in total. The average Bonchev–Trinajstić information content (AvgIpc) is 3.24. The maximum atomic E-state index is 12.0. The lowest BCUT2D eigenvalue weighted by Gasteiger charge is -2.31. The van der Waals surface area contributed by atoms with Crippen LogP contribution in [0.3, 0.4) is 0 Å². The van der Waals surface area contributed by atoms with Crippen molar-refractivity contribution >= 4 is 18.2 Å². The lowest BCUT2D eigenvalue weighted by Crippen LogP contribution is -2.40. The highest BCUT2D eigenvalue weighted by Crippen LogP contribution is 2.21. The third-order valence-electron chi connectivity index (χ3n) is 4.44. The number of likely N-dealkylation sites (tertiary alicyclic amines) is 1. The molecule has 1 saturated heterocycles. The molecule has 3 heterocycles. The Labute approximate surface area is 152 Å². The molecule has 136 valence electrons. The van der Waals surface area contributed by atoms with Crippen LogP contribution >= 0.6 is 12.2 Å². The Kier molecular flexibility index (Phi) is 5.70. The van der Waals surface area contributed by atoms with E-state index in [-0.39, 0.29) is 11.9 Å². The Bertz CT molecular complexity index is 765. The molecular weight excluding hydrogens is 340 g/mol. The van der Waals surface area contributed by atoms with Crippen molar-refractivity contribution in [2.45, 2.75) is 39.9 Å². The molecule has 1 atom stereocenters. The van der Waals surface area contributed by atoms with Crippen molar-refractivity contribution in [1.82, 2.24) is 19.2 Å². The van der Waals surface area contributed by atoms with Gasteiger partial charge < -0.3 is 9.15 Å². The predicted octanol–water partition coefficient (Wildman–Crippen LogP) is 2.93. The number of ether oxygens (including phenoxy) is 1. The van der Waals surface area contributed by atoms with Gasteiger partial charge in [-0.15, -0.1) is 5.10 Å². The highest BCUT2D eigenvalue weighted by atomic mass is 32.1. The van der Waals surface area contributed by atoms with Crippen LogP contribution in [0.15, 0.2) is 22.8 Å². The zero-order valence-corrected chi connectivity index (χ0v) is 15.5. The fourth-order valence-corrected chi connectivity index (χ4v) is 3.55. The summed E-state index contributed by atoms with van der Waals surface area (Å²) in [5, 5.41) is 4.65. The molecule has 3 rings (SSSR count). The van der Waals surface area contributed by atoms with E-state index in [0.717, 1.165) is 31.8 Å². The monoisotopic (exact) mass is 364 g/mol. The number of aromatic nitrogens is 3. The predicted molar refractivity (Wildman–Crippen MR) is 95.4 cm³/mol. The molecule has 0 aromatic carbocycles. The third kappa shape index (κ3) is 3.85. The molecule has 8 heteroatoms. The number of carbonyl (C=O) groups excluding carboxylic acids is 1. The van der Waals surface area contributed by atoms with E-state index in [1.54, 1.807) is 6.26 Å². The maximum Gasteiger partial charge on any atom is 0.310 e. The molecule has 0 amide bonds. The molecule has 1 aliphatic rings. The topological polar surface area (TPSA) is 65.4 Å². The first kappa shape index (κ1) is 17.9. The second kappa shape index (κ2) is 7.97. The Hall–Kier alpha value is -1.93. The smallest absolute Gasteiger partial charge is 0.310 e. The molecule has 2 aromatic heterocycles. The van der Waals surface area contributed by atoms with Gasteiger partial charge in [0.1, 0.15) is 0 Å². The van der Waals surface area contributed by atoms with Gasteiger partial charge in [-0.3, -0.25) is 14.3 Å². The van der Waals surface area contributed by atoms with E-state index in [0.29, 0.717) is 30.4 Å². The van der Waals surface area contributed by atoms with Crippen LogP contribution in [0.25, 0.3) is 11.6 Å². The molecule has 0 radical (unpaired) electrons. The van der Waals surface area contributed by atoms with Gasteiger partial charge in [-0.2, -0.15) is 0 Å². The fraction of sp³-hybridized carbons (Fsp3) is 0.588. The molecule has 0 spiro atoms. The van der Waals surface area contributed by atoms with E-state index in [4.69, 9.17) is 21.4 Å². The summed E-state index contributed by atoms with van der Waals surface area (Å²) in [5.41, 5.74) is 0. The van der Waals surface area contributed by atoms with Gasteiger partial charge in [-0.05, 0) is 57.6 Å². The zero-order valence-electron chi connectivity index (χ0n) is 14.7. The van der Waals surface area contributed by atoms with Crippen LogP contribution < -0.4 is 0 Å². The highest BCUT2D eigenvalue weighted by molar-refractivity contribution is 7.71. The van der Waals surface area contributed by atoms with E-state index < -0.39 is 0 Å². The highest BCUT2D eigenvalue weighted by Gasteiger charge is 2.27. The lowest BCUT2D eigenvalue weighted by molar-refractivity contribution is -0.150. The van der Waals surface area contributed by atoms with Crippen LogP contribution in [0.2, 0.25) is 0 Å². The number of nitrogens with zero attached hydrogens (tertiary/aromatic N) is 4. The van der Waals surface area contributed by atoms with Crippen LogP contribution in [0.4, 0.5) is 0 Å². The SMILES string of the molecule is CCOC(=O)C1CCCN(Cn2nc(-c3ccco3)n(CC)c2=S)C1. The molecule has 1 unspecified atom stereocenters. The third-order valence-corrected chi connectivity index (χ3v) is 4.87. The first-order valence-electron chi connectivity index (χ1n) is 8.74. The summed E-state index contributed by atoms with van der Waals surface area (Å²) in [5.74, 6) is 1.26. The quantitative estimate of drug-likeness (QED) is 0.580. The van der Waals surface area contributed by atoms with Crippen molar-refractivity contribution < 1.29 is 13.9 Å². The summed E-state index contributed by atoms with van der Waals surface area (Å²) in [6, 6.07) is 3.72. The largest absolute Gasteiger partial charge is 0.466 e. The minimum atomic E-state index is -0.105. The lowest BCUT2D eigenvalue weighted by atomic mass is 9.99. The van der Waals surface area contributed by atoms with E-state index >= 15 is 0 Å². The van der Waals surface area contributed by atoms with Gasteiger partial charge in [-0.25, -0.2) is 4.68 Å². The molecule has 0 bridgehead atoms. The van der Waals surface area contributed by atoms with Crippen molar-refractivity contribution in [3.63, 3.8) is 0 Å². The van der Waals surface area contributed by atoms with Gasteiger partial charge in [-0.1, -0.05) is 0 Å². The van der Waals surface area contributed by atoms with Gasteiger partial charge in [0.15, 0.2) is 16.4 Å². The van der Waals surface area contributed by atoms with E-state index in [2.05, 4.69) is 10.00 Å². The van der Waals surface area contributed by atoms with Crippen LogP contribution in [-0.4, -0.2) is 44.9 Å². The molecule has 1 aliphatic heterocycles. The minimum Gasteiger partial charge on any atom is -0.466 e. The van der Waals surface area contributed by atoms with E-state index in [1.807, 2.05) is 35.2 Å². The number of hydrogen-bond donors (Lipinski definition) is 0. The number of rotatable bonds is 6. The van der Waals surface area contributed by atoms with Gasteiger partial charge in [0.05, 0.1) is 25.5 Å². The molecule has 25 heavy (non-hydrogen) atoms. The normalized spacial score (nSPS) is 18.4. The van der Waals surface area contributed by atoms with Crippen molar-refractivity contribution in [3.05, 3.63) is 23.2 Å². The first-order chi connectivity index (χ1) is 12.1. The van der Waals surface area contributed by atoms with Gasteiger partial charge in [0.25, 0.3) is 0 Å². The van der Waals surface area contributed by atoms with E-state index in [1.165, 1.54) is 0 Å². The maximum absolute atomic E-state index is 12.0. The van der Waals surface area contributed by atoms with Gasteiger partial charge in [0.2, 0.25) is 0 Å². The Morgan fingerprint density at radius 3 is 3.00 bits per heavy atom. The molecule has 7 nitrogen and oxygen atoms in total. The van der Waals surface area contributed by atoms with Crippen LogP contribution in [0.5, 0.6) is 0 Å². The van der Waals surface area contributed by atoms with Crippen LogP contribution in [0.1, 0.15) is 26.7 Å². The summed E-state index contributed by atoms with van der Waals surface area (Å²) < 4.78 is 15.1. The minimum absolute atomic E-state index is 0.0688. The Balaban J connectivity index is 1.77. The zero-order chi connectivity index (χ0) is 17.8. The summed E-state index contributed by atoms with van der Waals surface area (Å²) in [4.78, 5) is 14.2. The van der Waals surface area contributed by atoms with Crippen molar-refractivity contribution in [2.24, 2.45) is 5.92 Å². The van der Waals surface area contributed by atoms with Crippen molar-refractivity contribution in [3.8, 4) is 11.6 Å². The summed E-state index contributed by atoms with van der Waals surface area (Å²) in [7, 11) is 0. The number of hydrogen-bond acceptors (Lipinski definition) is 6. The number of furan rings is 1. The van der Waals surface area contributed by atoms with Crippen molar-refractivity contribution in [2.75, 3.05) is 19.7 Å². The molecule has 1 fully saturated rings. The second-order valence-corrected chi connectivity index (χ2v) is 6.50. The standard InChI is InChI=1S/C17H24N4O3S/c1-3-20-15(14-8-6-10-24-14)18-21(17(20)25)12-19-9-5-7-13(11-19)16(22)23-4-2/h6,8,10,13H,3-5,7,9,11-12H2,1-2H3. The molecule has 0 saturated carbocycles. The molecular formula is C17H24N4O3S. The van der Waals surface area contributed by atoms with Crippen LogP contribution in [0, 0.1) is 10.7 Å². The average molecular weight is 364 g/mol. The van der Waals surface area contributed by atoms with Crippen molar-refractivity contribution in [1.29, 1.82) is 0 Å². The second-order valence-electron chi connectivity index (χ2n) is 6.14. The Morgan fingerprint density at radius 1 is 1.48 bits per heavy atom. The Morgan fingerprint density at radius 2 is 2.32 bits per heavy atom. The number of esters is 1. The summed E-state index contributed by atoms with van der Waals surface area (Å²) >= 11 is 5.58. The van der Waals surface area contributed by atoms with Gasteiger partial charge in [0, 0.05) is 13.1 Å². The van der Waals surface area contributed by atoms with Crippen LogP contribution in [-0.2, 0) is 22.7 Å². The number of carbonyl (C=O) groups is 1. The molecule has 0 aliphatic carbocycles. The summed E-state index contributed by atoms with van der Waals surface area (Å²) in [6.07, 6.45) is 3.48. The molecule has 2 aromatic rings. The van der Waals surface area contributed by atoms with E-state index in [9.17, 15) is 4.79 Å². The van der Waals surface area contributed by atoms with Gasteiger partial charge >= 0.3 is 5.97 Å².